The van der Waals surface area contributed by atoms with Gasteiger partial charge in [0.25, 0.3) is 0 Å². The number of likely N-dealkylation sites (tertiary alicyclic amines) is 1. The number of aromatic amines is 1. The number of ether oxygens (including phenoxy) is 1. The van der Waals surface area contributed by atoms with E-state index in [9.17, 15) is 4.79 Å². The van der Waals surface area contributed by atoms with Gasteiger partial charge in [0.2, 0.25) is 0 Å². The second-order valence-corrected chi connectivity index (χ2v) is 6.16. The molecule has 1 saturated heterocycles. The molecule has 106 valence electrons. The molecular formula is C12H20N4O2S. The molecule has 1 N–H and O–H groups in total. The summed E-state index contributed by atoms with van der Waals surface area (Å²) in [7, 11) is 1.85. The summed E-state index contributed by atoms with van der Waals surface area (Å²) in [5.41, 5.74) is -0.485. The molecule has 19 heavy (non-hydrogen) atoms. The van der Waals surface area contributed by atoms with Crippen LogP contribution in [0.15, 0.2) is 0 Å². The van der Waals surface area contributed by atoms with Crippen LogP contribution in [-0.2, 0) is 11.8 Å². The Labute approximate surface area is 117 Å². The highest BCUT2D eigenvalue weighted by Crippen LogP contribution is 2.31. The highest BCUT2D eigenvalue weighted by Gasteiger charge is 2.35. The third kappa shape index (κ3) is 2.97. The summed E-state index contributed by atoms with van der Waals surface area (Å²) in [4.78, 5) is 13.9. The molecule has 1 aromatic rings. The topological polar surface area (TPSA) is 63.1 Å². The second-order valence-electron chi connectivity index (χ2n) is 5.78. The molecule has 1 aromatic heterocycles. The molecule has 2 rings (SSSR count). The van der Waals surface area contributed by atoms with Gasteiger partial charge in [-0.15, -0.1) is 0 Å². The summed E-state index contributed by atoms with van der Waals surface area (Å²) in [6.45, 7) is 6.29. The average molecular weight is 284 g/mol. The SMILES string of the molecule is Cn1c([C@H]2CCCN2C(=O)OC(C)(C)C)n[nH]c1=S. The molecular weight excluding hydrogens is 264 g/mol. The molecule has 1 aliphatic rings. The normalized spacial score (nSPS) is 19.8. The number of aromatic nitrogens is 3. The monoisotopic (exact) mass is 284 g/mol. The molecule has 7 heteroatoms. The van der Waals surface area contributed by atoms with E-state index in [1.165, 1.54) is 0 Å². The number of H-pyrrole nitrogens is 1. The van der Waals surface area contributed by atoms with Crippen LogP contribution in [0.4, 0.5) is 4.79 Å². The van der Waals surface area contributed by atoms with Crippen molar-refractivity contribution < 1.29 is 9.53 Å². The Bertz CT molecular complexity index is 529. The van der Waals surface area contributed by atoms with E-state index in [2.05, 4.69) is 10.2 Å². The zero-order chi connectivity index (χ0) is 14.2. The minimum Gasteiger partial charge on any atom is -0.444 e. The molecule has 1 fully saturated rings. The van der Waals surface area contributed by atoms with E-state index >= 15 is 0 Å². The predicted molar refractivity (Wildman–Crippen MR) is 73.3 cm³/mol. The lowest BCUT2D eigenvalue weighted by atomic mass is 10.2. The molecule has 1 amide bonds. The number of hydrogen-bond acceptors (Lipinski definition) is 4. The highest BCUT2D eigenvalue weighted by atomic mass is 32.1. The summed E-state index contributed by atoms with van der Waals surface area (Å²) < 4.78 is 7.80. The first-order valence-corrected chi connectivity index (χ1v) is 6.81. The highest BCUT2D eigenvalue weighted by molar-refractivity contribution is 7.71. The van der Waals surface area contributed by atoms with Crippen LogP contribution in [0.2, 0.25) is 0 Å². The summed E-state index contributed by atoms with van der Waals surface area (Å²) in [6.07, 6.45) is 1.54. The Morgan fingerprint density at radius 1 is 1.53 bits per heavy atom. The zero-order valence-electron chi connectivity index (χ0n) is 11.8. The number of rotatable bonds is 1. The minimum atomic E-state index is -0.485. The lowest BCUT2D eigenvalue weighted by molar-refractivity contribution is 0.0216. The van der Waals surface area contributed by atoms with Crippen molar-refractivity contribution in [2.45, 2.75) is 45.3 Å². The largest absolute Gasteiger partial charge is 0.444 e. The number of nitrogens with one attached hydrogen (secondary N) is 1. The van der Waals surface area contributed by atoms with Crippen molar-refractivity contribution in [3.8, 4) is 0 Å². The van der Waals surface area contributed by atoms with Crippen molar-refractivity contribution in [3.63, 3.8) is 0 Å². The lowest BCUT2D eigenvalue weighted by Gasteiger charge is -2.28. The second kappa shape index (κ2) is 4.96. The van der Waals surface area contributed by atoms with Crippen LogP contribution >= 0.6 is 12.2 Å². The van der Waals surface area contributed by atoms with Crippen molar-refractivity contribution >= 4 is 18.3 Å². The average Bonchev–Trinajstić information content (AvgIpc) is 2.85. The van der Waals surface area contributed by atoms with Gasteiger partial charge < -0.3 is 9.30 Å². The Hall–Kier alpha value is -1.37. The Kier molecular flexibility index (Phi) is 3.66. The molecule has 0 radical (unpaired) electrons. The number of carbonyl (C=O) groups is 1. The van der Waals surface area contributed by atoms with Crippen LogP contribution in [0.3, 0.4) is 0 Å². The summed E-state index contributed by atoms with van der Waals surface area (Å²) >= 11 is 5.11. The number of hydrogen-bond donors (Lipinski definition) is 1. The molecule has 0 unspecified atom stereocenters. The number of amides is 1. The van der Waals surface area contributed by atoms with Crippen molar-refractivity contribution in [2.24, 2.45) is 7.05 Å². The van der Waals surface area contributed by atoms with E-state index < -0.39 is 5.60 Å². The van der Waals surface area contributed by atoms with E-state index in [0.29, 0.717) is 11.3 Å². The smallest absolute Gasteiger partial charge is 0.410 e. The summed E-state index contributed by atoms with van der Waals surface area (Å²) in [5, 5.41) is 6.98. The number of carbonyl (C=O) groups excluding carboxylic acids is 1. The van der Waals surface area contributed by atoms with Crippen molar-refractivity contribution in [3.05, 3.63) is 10.6 Å². The van der Waals surface area contributed by atoms with Gasteiger partial charge in [0, 0.05) is 13.6 Å². The molecule has 1 aliphatic heterocycles. The molecule has 1 atom stereocenters. The molecule has 0 aromatic carbocycles. The molecule has 6 nitrogen and oxygen atoms in total. The first-order chi connectivity index (χ1) is 8.79. The van der Waals surface area contributed by atoms with Gasteiger partial charge in [0.1, 0.15) is 5.60 Å². The summed E-state index contributed by atoms with van der Waals surface area (Å²) in [6, 6.07) is -0.0622. The van der Waals surface area contributed by atoms with Crippen LogP contribution in [0.1, 0.15) is 45.5 Å². The maximum Gasteiger partial charge on any atom is 0.410 e. The van der Waals surface area contributed by atoms with Crippen molar-refractivity contribution in [1.29, 1.82) is 0 Å². The van der Waals surface area contributed by atoms with Gasteiger partial charge in [-0.1, -0.05) is 0 Å². The van der Waals surface area contributed by atoms with E-state index in [0.717, 1.165) is 18.7 Å². The van der Waals surface area contributed by atoms with Gasteiger partial charge in [0.05, 0.1) is 6.04 Å². The van der Waals surface area contributed by atoms with E-state index in [1.54, 1.807) is 4.90 Å². The maximum atomic E-state index is 12.2. The van der Waals surface area contributed by atoms with Crippen LogP contribution in [0.5, 0.6) is 0 Å². The first-order valence-electron chi connectivity index (χ1n) is 6.40. The van der Waals surface area contributed by atoms with E-state index in [-0.39, 0.29) is 12.1 Å². The lowest BCUT2D eigenvalue weighted by Crippen LogP contribution is -2.37. The fourth-order valence-electron chi connectivity index (χ4n) is 2.23. The molecule has 0 aliphatic carbocycles. The standard InChI is InChI=1S/C12H20N4O2S/c1-12(2,3)18-11(17)16-7-5-6-8(16)9-13-14-10(19)15(9)4/h8H,5-7H2,1-4H3,(H,14,19)/t8-/m1/s1. The van der Waals surface area contributed by atoms with Gasteiger partial charge in [-0.25, -0.2) is 4.79 Å². The van der Waals surface area contributed by atoms with Crippen LogP contribution in [0.25, 0.3) is 0 Å². The van der Waals surface area contributed by atoms with Gasteiger partial charge in [-0.3, -0.25) is 10.00 Å². The molecule has 0 saturated carbocycles. The van der Waals surface area contributed by atoms with Crippen molar-refractivity contribution in [1.82, 2.24) is 19.7 Å². The summed E-state index contributed by atoms with van der Waals surface area (Å²) in [5.74, 6) is 0.786. The zero-order valence-corrected chi connectivity index (χ0v) is 12.6. The quantitative estimate of drug-likeness (QED) is 0.805. The predicted octanol–water partition coefficient (Wildman–Crippen LogP) is 2.55. The third-order valence-electron chi connectivity index (χ3n) is 3.09. The molecule has 0 bridgehead atoms. The van der Waals surface area contributed by atoms with E-state index in [4.69, 9.17) is 17.0 Å². The maximum absolute atomic E-state index is 12.2. The van der Waals surface area contributed by atoms with Gasteiger partial charge >= 0.3 is 6.09 Å². The number of nitrogens with zero attached hydrogens (tertiary/aromatic N) is 3. The Morgan fingerprint density at radius 2 is 2.21 bits per heavy atom. The Morgan fingerprint density at radius 3 is 2.74 bits per heavy atom. The van der Waals surface area contributed by atoms with Crippen LogP contribution in [0, 0.1) is 4.77 Å². The molecule has 2 heterocycles. The van der Waals surface area contributed by atoms with Crippen LogP contribution < -0.4 is 0 Å². The van der Waals surface area contributed by atoms with Crippen molar-refractivity contribution in [2.75, 3.05) is 6.54 Å². The van der Waals surface area contributed by atoms with E-state index in [1.807, 2.05) is 32.4 Å². The molecule has 0 spiro atoms. The Balaban J connectivity index is 2.20. The minimum absolute atomic E-state index is 0.0622. The fourth-order valence-corrected chi connectivity index (χ4v) is 2.37. The van der Waals surface area contributed by atoms with Gasteiger partial charge in [0.15, 0.2) is 10.6 Å². The third-order valence-corrected chi connectivity index (χ3v) is 3.46. The van der Waals surface area contributed by atoms with Gasteiger partial charge in [-0.2, -0.15) is 5.10 Å². The van der Waals surface area contributed by atoms with Crippen LogP contribution in [-0.4, -0.2) is 37.9 Å². The van der Waals surface area contributed by atoms with Gasteiger partial charge in [-0.05, 0) is 45.8 Å². The fraction of sp³-hybridized carbons (Fsp3) is 0.750. The first kappa shape index (κ1) is 14.0.